The van der Waals surface area contributed by atoms with Crippen LogP contribution in [-0.2, 0) is 14.3 Å². The molecule has 0 atom stereocenters. The summed E-state index contributed by atoms with van der Waals surface area (Å²) in [6, 6.07) is 1.07. The number of ether oxygens (including phenoxy) is 1. The van der Waals surface area contributed by atoms with Crippen LogP contribution in [0.25, 0.3) is 0 Å². The number of hydrogen-bond donors (Lipinski definition) is 0. The molecule has 0 N–H and O–H groups in total. The molecule has 0 unspecified atom stereocenters. The van der Waals surface area contributed by atoms with Crippen molar-refractivity contribution in [2.75, 3.05) is 0 Å². The van der Waals surface area contributed by atoms with Crippen LogP contribution in [0.3, 0.4) is 0 Å². The van der Waals surface area contributed by atoms with Gasteiger partial charge in [0.2, 0.25) is 0 Å². The standard InChI is InChI=1S/C11H7F3O3/c12-7-4-9(14)8(13)3-6(7)5-1-10(15)17-11(16)2-5/h3-5H,1-2H2. The molecule has 1 aliphatic rings. The van der Waals surface area contributed by atoms with E-state index in [9.17, 15) is 22.8 Å². The van der Waals surface area contributed by atoms with E-state index in [-0.39, 0.29) is 18.4 Å². The third-order valence-electron chi connectivity index (χ3n) is 2.53. The van der Waals surface area contributed by atoms with Gasteiger partial charge in [-0.2, -0.15) is 0 Å². The normalized spacial score (nSPS) is 17.1. The number of halogens is 3. The zero-order valence-electron chi connectivity index (χ0n) is 8.50. The van der Waals surface area contributed by atoms with Crippen LogP contribution in [0, 0.1) is 17.5 Å². The van der Waals surface area contributed by atoms with Gasteiger partial charge < -0.3 is 4.74 Å². The van der Waals surface area contributed by atoms with Crippen molar-refractivity contribution in [1.82, 2.24) is 0 Å². The van der Waals surface area contributed by atoms with Gasteiger partial charge in [0.05, 0.1) is 12.8 Å². The molecule has 1 aliphatic heterocycles. The van der Waals surface area contributed by atoms with Crippen LogP contribution in [0.2, 0.25) is 0 Å². The molecule has 1 saturated heterocycles. The molecule has 1 fully saturated rings. The summed E-state index contributed by atoms with van der Waals surface area (Å²) >= 11 is 0. The Morgan fingerprint density at radius 1 is 0.941 bits per heavy atom. The molecule has 6 heteroatoms. The monoisotopic (exact) mass is 244 g/mol. The minimum absolute atomic E-state index is 0.186. The molecule has 0 radical (unpaired) electrons. The quantitative estimate of drug-likeness (QED) is 0.431. The van der Waals surface area contributed by atoms with Gasteiger partial charge in [0.15, 0.2) is 11.6 Å². The summed E-state index contributed by atoms with van der Waals surface area (Å²) in [5, 5.41) is 0. The number of esters is 2. The highest BCUT2D eigenvalue weighted by Gasteiger charge is 2.30. The van der Waals surface area contributed by atoms with Crippen molar-refractivity contribution in [3.8, 4) is 0 Å². The summed E-state index contributed by atoms with van der Waals surface area (Å²) in [5.74, 6) is -5.90. The Bertz CT molecular complexity index is 483. The lowest BCUT2D eigenvalue weighted by molar-refractivity contribution is -0.163. The molecule has 1 aromatic rings. The second-order valence-corrected chi connectivity index (χ2v) is 3.74. The average molecular weight is 244 g/mol. The van der Waals surface area contributed by atoms with Crippen molar-refractivity contribution in [3.63, 3.8) is 0 Å². The number of carbonyl (C=O) groups is 2. The summed E-state index contributed by atoms with van der Waals surface area (Å²) in [7, 11) is 0. The fourth-order valence-corrected chi connectivity index (χ4v) is 1.76. The Labute approximate surface area is 94.2 Å². The third kappa shape index (κ3) is 2.30. The van der Waals surface area contributed by atoms with Gasteiger partial charge in [0, 0.05) is 12.0 Å². The maximum Gasteiger partial charge on any atom is 0.314 e. The number of hydrogen-bond acceptors (Lipinski definition) is 3. The smallest absolute Gasteiger partial charge is 0.314 e. The maximum atomic E-state index is 13.4. The second-order valence-electron chi connectivity index (χ2n) is 3.74. The molecular weight excluding hydrogens is 237 g/mol. The number of rotatable bonds is 1. The van der Waals surface area contributed by atoms with E-state index in [2.05, 4.69) is 4.74 Å². The van der Waals surface area contributed by atoms with E-state index in [1.165, 1.54) is 0 Å². The first-order chi connectivity index (χ1) is 7.97. The Kier molecular flexibility index (Phi) is 2.87. The lowest BCUT2D eigenvalue weighted by Crippen LogP contribution is -2.25. The van der Waals surface area contributed by atoms with Crippen LogP contribution >= 0.6 is 0 Å². The van der Waals surface area contributed by atoms with Crippen molar-refractivity contribution >= 4 is 11.9 Å². The highest BCUT2D eigenvalue weighted by atomic mass is 19.2. The van der Waals surface area contributed by atoms with Crippen LogP contribution in [0.5, 0.6) is 0 Å². The predicted molar refractivity (Wildman–Crippen MR) is 49.4 cm³/mol. The molecule has 1 heterocycles. The Hall–Kier alpha value is -1.85. The van der Waals surface area contributed by atoms with E-state index in [1.54, 1.807) is 0 Å². The molecular formula is C11H7F3O3. The van der Waals surface area contributed by atoms with Crippen molar-refractivity contribution in [2.24, 2.45) is 0 Å². The van der Waals surface area contributed by atoms with Gasteiger partial charge in [-0.25, -0.2) is 13.2 Å². The lowest BCUT2D eigenvalue weighted by atomic mass is 9.90. The molecule has 17 heavy (non-hydrogen) atoms. The highest BCUT2D eigenvalue weighted by molar-refractivity contribution is 5.89. The molecule has 0 saturated carbocycles. The average Bonchev–Trinajstić information content (AvgIpc) is 2.22. The number of cyclic esters (lactones) is 2. The Balaban J connectivity index is 2.36. The molecule has 3 nitrogen and oxygen atoms in total. The van der Waals surface area contributed by atoms with E-state index < -0.39 is 35.3 Å². The first-order valence-corrected chi connectivity index (χ1v) is 4.85. The second kappa shape index (κ2) is 4.20. The van der Waals surface area contributed by atoms with Crippen LogP contribution in [0.1, 0.15) is 24.3 Å². The van der Waals surface area contributed by atoms with E-state index >= 15 is 0 Å². The topological polar surface area (TPSA) is 43.4 Å². The molecule has 0 bridgehead atoms. The Morgan fingerprint density at radius 3 is 2.06 bits per heavy atom. The molecule has 0 aromatic heterocycles. The molecule has 0 aliphatic carbocycles. The molecule has 1 aromatic carbocycles. The van der Waals surface area contributed by atoms with Crippen LogP contribution in [-0.4, -0.2) is 11.9 Å². The van der Waals surface area contributed by atoms with Crippen molar-refractivity contribution in [3.05, 3.63) is 35.1 Å². The minimum atomic E-state index is -1.31. The van der Waals surface area contributed by atoms with E-state index in [0.717, 1.165) is 0 Å². The third-order valence-corrected chi connectivity index (χ3v) is 2.53. The van der Waals surface area contributed by atoms with Crippen LogP contribution in [0.4, 0.5) is 13.2 Å². The van der Waals surface area contributed by atoms with E-state index in [1.807, 2.05) is 0 Å². The van der Waals surface area contributed by atoms with Crippen molar-refractivity contribution in [2.45, 2.75) is 18.8 Å². The lowest BCUT2D eigenvalue weighted by Gasteiger charge is -2.20. The minimum Gasteiger partial charge on any atom is -0.393 e. The van der Waals surface area contributed by atoms with Gasteiger partial charge in [0.25, 0.3) is 0 Å². The first-order valence-electron chi connectivity index (χ1n) is 4.85. The maximum absolute atomic E-state index is 13.4. The van der Waals surface area contributed by atoms with Gasteiger partial charge in [-0.05, 0) is 11.6 Å². The van der Waals surface area contributed by atoms with Gasteiger partial charge in [0.1, 0.15) is 5.82 Å². The predicted octanol–water partition coefficient (Wildman–Crippen LogP) is 2.05. The summed E-state index contributed by atoms with van der Waals surface area (Å²) in [6.07, 6.45) is -0.457. The zero-order chi connectivity index (χ0) is 12.6. The SMILES string of the molecule is O=C1CC(c2cc(F)c(F)cc2F)CC(=O)O1. The van der Waals surface area contributed by atoms with Crippen molar-refractivity contribution < 1.29 is 27.5 Å². The Morgan fingerprint density at radius 2 is 1.47 bits per heavy atom. The summed E-state index contributed by atoms with van der Waals surface area (Å²) in [6.45, 7) is 0. The molecule has 2 rings (SSSR count). The molecule has 0 spiro atoms. The van der Waals surface area contributed by atoms with Crippen LogP contribution < -0.4 is 0 Å². The van der Waals surface area contributed by atoms with Crippen molar-refractivity contribution in [1.29, 1.82) is 0 Å². The number of benzene rings is 1. The fraction of sp³-hybridized carbons (Fsp3) is 0.273. The molecule has 90 valence electrons. The number of carbonyl (C=O) groups excluding carboxylic acids is 2. The first kappa shape index (κ1) is 11.6. The summed E-state index contributed by atoms with van der Waals surface area (Å²) in [4.78, 5) is 22.0. The van der Waals surface area contributed by atoms with Gasteiger partial charge in [-0.3, -0.25) is 9.59 Å². The summed E-state index contributed by atoms with van der Waals surface area (Å²) in [5.41, 5.74) is -0.186. The zero-order valence-corrected chi connectivity index (χ0v) is 8.50. The van der Waals surface area contributed by atoms with E-state index in [0.29, 0.717) is 12.1 Å². The highest BCUT2D eigenvalue weighted by Crippen LogP contribution is 2.31. The summed E-state index contributed by atoms with van der Waals surface area (Å²) < 4.78 is 43.3. The van der Waals surface area contributed by atoms with Crippen LogP contribution in [0.15, 0.2) is 12.1 Å². The van der Waals surface area contributed by atoms with Gasteiger partial charge in [-0.15, -0.1) is 0 Å². The van der Waals surface area contributed by atoms with Gasteiger partial charge >= 0.3 is 11.9 Å². The largest absolute Gasteiger partial charge is 0.393 e. The fourth-order valence-electron chi connectivity index (χ4n) is 1.76. The van der Waals surface area contributed by atoms with E-state index in [4.69, 9.17) is 0 Å². The van der Waals surface area contributed by atoms with Gasteiger partial charge in [-0.1, -0.05) is 0 Å². The molecule has 0 amide bonds.